The number of nitrogens with one attached hydrogen (secondary N) is 1. The van der Waals surface area contributed by atoms with Crippen LogP contribution in [0, 0.1) is 5.82 Å². The second kappa shape index (κ2) is 6.11. The average Bonchev–Trinajstić information content (AvgIpc) is 2.42. The lowest BCUT2D eigenvalue weighted by Gasteiger charge is -2.06. The van der Waals surface area contributed by atoms with Crippen LogP contribution in [0.25, 0.3) is 0 Å². The van der Waals surface area contributed by atoms with Gasteiger partial charge in [-0.05, 0) is 54.9 Å². The fourth-order valence-electron chi connectivity index (χ4n) is 1.77. The van der Waals surface area contributed by atoms with Gasteiger partial charge >= 0.3 is 0 Å². The molecule has 2 aromatic carbocycles. The predicted octanol–water partition coefficient (Wildman–Crippen LogP) is 2.58. The molecule has 0 saturated carbocycles. The van der Waals surface area contributed by atoms with Crippen LogP contribution in [0.4, 0.5) is 10.1 Å². The van der Waals surface area contributed by atoms with Crippen LogP contribution < -0.4 is 11.1 Å². The Kier molecular flexibility index (Phi) is 4.26. The van der Waals surface area contributed by atoms with Crippen LogP contribution in [0.5, 0.6) is 0 Å². The van der Waals surface area contributed by atoms with Gasteiger partial charge in [0.05, 0.1) is 0 Å². The van der Waals surface area contributed by atoms with E-state index >= 15 is 0 Å². The number of benzene rings is 2. The zero-order valence-electron chi connectivity index (χ0n) is 10.4. The van der Waals surface area contributed by atoms with E-state index in [1.807, 2.05) is 18.2 Å². The molecule has 2 aromatic rings. The zero-order chi connectivity index (χ0) is 13.7. The number of amides is 1. The molecule has 0 fully saturated rings. The summed E-state index contributed by atoms with van der Waals surface area (Å²) in [6, 6.07) is 13.0. The van der Waals surface area contributed by atoms with Gasteiger partial charge in [0, 0.05) is 11.3 Å². The quantitative estimate of drug-likeness (QED) is 0.885. The van der Waals surface area contributed by atoms with Crippen molar-refractivity contribution in [2.45, 2.75) is 6.42 Å². The summed E-state index contributed by atoms with van der Waals surface area (Å²) < 4.78 is 12.8. The molecule has 0 saturated heterocycles. The third kappa shape index (κ3) is 3.63. The van der Waals surface area contributed by atoms with Crippen LogP contribution >= 0.6 is 0 Å². The molecule has 0 heterocycles. The summed E-state index contributed by atoms with van der Waals surface area (Å²) in [4.78, 5) is 12.0. The molecule has 0 aliphatic rings. The van der Waals surface area contributed by atoms with Gasteiger partial charge in [-0.15, -0.1) is 0 Å². The van der Waals surface area contributed by atoms with E-state index in [0.717, 1.165) is 12.0 Å². The highest BCUT2D eigenvalue weighted by Gasteiger charge is 2.06. The Labute approximate surface area is 111 Å². The number of anilines is 1. The number of rotatable bonds is 4. The summed E-state index contributed by atoms with van der Waals surface area (Å²) in [6.45, 7) is 0.545. The van der Waals surface area contributed by atoms with Crippen molar-refractivity contribution in [3.63, 3.8) is 0 Å². The Hall–Kier alpha value is -2.20. The first-order valence-electron chi connectivity index (χ1n) is 6.05. The molecule has 0 bridgehead atoms. The van der Waals surface area contributed by atoms with Gasteiger partial charge in [-0.25, -0.2) is 4.39 Å². The van der Waals surface area contributed by atoms with Crippen LogP contribution in [0.15, 0.2) is 48.5 Å². The molecule has 0 aromatic heterocycles. The molecule has 4 heteroatoms. The molecule has 0 aliphatic carbocycles. The molecule has 3 N–H and O–H groups in total. The van der Waals surface area contributed by atoms with Gasteiger partial charge in [-0.1, -0.05) is 12.1 Å². The molecule has 0 radical (unpaired) electrons. The summed E-state index contributed by atoms with van der Waals surface area (Å²) in [5, 5.41) is 2.72. The molecule has 0 spiro atoms. The fourth-order valence-corrected chi connectivity index (χ4v) is 1.77. The Morgan fingerprint density at radius 3 is 2.58 bits per heavy atom. The maximum atomic E-state index is 12.8. The molecule has 98 valence electrons. The van der Waals surface area contributed by atoms with E-state index in [-0.39, 0.29) is 11.7 Å². The summed E-state index contributed by atoms with van der Waals surface area (Å²) in [6.07, 6.45) is 0.734. The Bertz CT molecular complexity index is 567. The number of halogens is 1. The van der Waals surface area contributed by atoms with Crippen LogP contribution in [-0.2, 0) is 6.42 Å². The zero-order valence-corrected chi connectivity index (χ0v) is 10.4. The van der Waals surface area contributed by atoms with Crippen LogP contribution in [-0.4, -0.2) is 12.5 Å². The lowest BCUT2D eigenvalue weighted by atomic mass is 10.1. The van der Waals surface area contributed by atoms with Gasteiger partial charge in [0.2, 0.25) is 0 Å². The Balaban J connectivity index is 2.11. The molecule has 19 heavy (non-hydrogen) atoms. The number of hydrogen-bond acceptors (Lipinski definition) is 2. The van der Waals surface area contributed by atoms with Crippen molar-refractivity contribution >= 4 is 11.6 Å². The topological polar surface area (TPSA) is 55.1 Å². The lowest BCUT2D eigenvalue weighted by Crippen LogP contribution is -2.12. The standard InChI is InChI=1S/C15H15FN2O/c16-13-4-6-14(7-5-13)18-15(19)12-3-1-2-11(10-12)8-9-17/h1-7,10H,8-9,17H2,(H,18,19). The van der Waals surface area contributed by atoms with Crippen molar-refractivity contribution in [3.05, 3.63) is 65.5 Å². The Morgan fingerprint density at radius 1 is 1.16 bits per heavy atom. The Morgan fingerprint density at radius 2 is 1.89 bits per heavy atom. The van der Waals surface area contributed by atoms with Crippen LogP contribution in [0.3, 0.4) is 0 Å². The fraction of sp³-hybridized carbons (Fsp3) is 0.133. The first-order chi connectivity index (χ1) is 9.19. The van der Waals surface area contributed by atoms with E-state index in [1.54, 1.807) is 6.07 Å². The van der Waals surface area contributed by atoms with Gasteiger partial charge in [0.1, 0.15) is 5.82 Å². The molecular weight excluding hydrogens is 243 g/mol. The summed E-state index contributed by atoms with van der Waals surface area (Å²) in [5.74, 6) is -0.548. The summed E-state index contributed by atoms with van der Waals surface area (Å²) in [5.41, 5.74) is 7.64. The van der Waals surface area contributed by atoms with Crippen molar-refractivity contribution in [2.24, 2.45) is 5.73 Å². The molecule has 0 unspecified atom stereocenters. The monoisotopic (exact) mass is 258 g/mol. The second-order valence-electron chi connectivity index (χ2n) is 4.20. The maximum Gasteiger partial charge on any atom is 0.255 e. The van der Waals surface area contributed by atoms with Crippen molar-refractivity contribution < 1.29 is 9.18 Å². The highest BCUT2D eigenvalue weighted by Crippen LogP contribution is 2.12. The number of hydrogen-bond donors (Lipinski definition) is 2. The molecule has 0 atom stereocenters. The average molecular weight is 258 g/mol. The summed E-state index contributed by atoms with van der Waals surface area (Å²) in [7, 11) is 0. The van der Waals surface area contributed by atoms with Gasteiger partial charge in [0.15, 0.2) is 0 Å². The van der Waals surface area contributed by atoms with Gasteiger partial charge in [-0.3, -0.25) is 4.79 Å². The largest absolute Gasteiger partial charge is 0.330 e. The predicted molar refractivity (Wildman–Crippen MR) is 73.6 cm³/mol. The second-order valence-corrected chi connectivity index (χ2v) is 4.20. The van der Waals surface area contributed by atoms with Crippen LogP contribution in [0.1, 0.15) is 15.9 Å². The van der Waals surface area contributed by atoms with Crippen molar-refractivity contribution in [1.29, 1.82) is 0 Å². The molecule has 2 rings (SSSR count). The third-order valence-corrected chi connectivity index (χ3v) is 2.72. The van der Waals surface area contributed by atoms with Crippen molar-refractivity contribution in [2.75, 3.05) is 11.9 Å². The van der Waals surface area contributed by atoms with E-state index in [0.29, 0.717) is 17.8 Å². The summed E-state index contributed by atoms with van der Waals surface area (Å²) >= 11 is 0. The first kappa shape index (κ1) is 13.2. The molecule has 0 aliphatic heterocycles. The van der Waals surface area contributed by atoms with E-state index in [1.165, 1.54) is 24.3 Å². The van der Waals surface area contributed by atoms with Gasteiger partial charge in [0.25, 0.3) is 5.91 Å². The van der Waals surface area contributed by atoms with E-state index in [4.69, 9.17) is 5.73 Å². The maximum absolute atomic E-state index is 12.8. The van der Waals surface area contributed by atoms with E-state index < -0.39 is 0 Å². The van der Waals surface area contributed by atoms with Crippen molar-refractivity contribution in [1.82, 2.24) is 0 Å². The number of carbonyl (C=O) groups excluding carboxylic acids is 1. The minimum Gasteiger partial charge on any atom is -0.330 e. The number of nitrogens with two attached hydrogens (primary N) is 1. The number of carbonyl (C=O) groups is 1. The van der Waals surface area contributed by atoms with Crippen molar-refractivity contribution in [3.8, 4) is 0 Å². The minimum atomic E-state index is -0.331. The highest BCUT2D eigenvalue weighted by molar-refractivity contribution is 6.04. The highest BCUT2D eigenvalue weighted by atomic mass is 19.1. The van der Waals surface area contributed by atoms with E-state index in [2.05, 4.69) is 5.32 Å². The van der Waals surface area contributed by atoms with Crippen LogP contribution in [0.2, 0.25) is 0 Å². The smallest absolute Gasteiger partial charge is 0.255 e. The normalized spacial score (nSPS) is 10.2. The minimum absolute atomic E-state index is 0.217. The lowest BCUT2D eigenvalue weighted by molar-refractivity contribution is 0.102. The van der Waals surface area contributed by atoms with E-state index in [9.17, 15) is 9.18 Å². The van der Waals surface area contributed by atoms with Gasteiger partial charge < -0.3 is 11.1 Å². The first-order valence-corrected chi connectivity index (χ1v) is 6.05. The SMILES string of the molecule is NCCc1cccc(C(=O)Nc2ccc(F)cc2)c1. The van der Waals surface area contributed by atoms with Gasteiger partial charge in [-0.2, -0.15) is 0 Å². The third-order valence-electron chi connectivity index (χ3n) is 2.72. The molecule has 3 nitrogen and oxygen atoms in total. The molecular formula is C15H15FN2O. The molecule has 1 amide bonds.